The molecule has 208 valence electrons. The van der Waals surface area contributed by atoms with Crippen LogP contribution in [0.1, 0.15) is 76.7 Å². The van der Waals surface area contributed by atoms with E-state index in [1.807, 2.05) is 6.92 Å². The number of amides is 2. The predicted molar refractivity (Wildman–Crippen MR) is 143 cm³/mol. The first kappa shape index (κ1) is 30.8. The van der Waals surface area contributed by atoms with Crippen LogP contribution in [0.25, 0.3) is 0 Å². The van der Waals surface area contributed by atoms with E-state index in [1.165, 1.54) is 18.7 Å². The van der Waals surface area contributed by atoms with Gasteiger partial charge in [-0.1, -0.05) is 39.9 Å². The van der Waals surface area contributed by atoms with Gasteiger partial charge in [-0.2, -0.15) is 13.2 Å². The van der Waals surface area contributed by atoms with E-state index < -0.39 is 34.7 Å². The Morgan fingerprint density at radius 1 is 1.30 bits per heavy atom. The maximum atomic E-state index is 13.9. The topological polar surface area (TPSA) is 82.7 Å². The number of ether oxygens (including phenoxy) is 1. The Morgan fingerprint density at radius 2 is 1.95 bits per heavy atom. The lowest BCUT2D eigenvalue weighted by Crippen LogP contribution is -2.54. The van der Waals surface area contributed by atoms with Crippen molar-refractivity contribution in [2.24, 2.45) is 5.92 Å². The SMILES string of the molecule is CC(C)C.CCC(=S)NCCN1C(=O)C(C)(C)Oc2cc(C(F)(F)F)c(C(=O)N[C@@H]3CCCNC3)cc21. The normalized spacial score (nSPS) is 18.8. The fourth-order valence-electron chi connectivity index (χ4n) is 3.93. The van der Waals surface area contributed by atoms with Gasteiger partial charge in [-0.3, -0.25) is 9.59 Å². The molecule has 0 unspecified atom stereocenters. The summed E-state index contributed by atoms with van der Waals surface area (Å²) in [5, 5.41) is 8.82. The zero-order valence-electron chi connectivity index (χ0n) is 22.5. The highest BCUT2D eigenvalue weighted by atomic mass is 32.1. The molecule has 0 saturated carbocycles. The van der Waals surface area contributed by atoms with Crippen LogP contribution in [0.5, 0.6) is 5.75 Å². The van der Waals surface area contributed by atoms with Crippen LogP contribution in [-0.4, -0.2) is 54.6 Å². The standard InChI is InChI=1S/C22H29F3N4O3S.C4H10/c1-4-18(33)27-8-9-29-16-10-14(19(30)28-13-6-5-7-26-12-13)15(22(23,24)25)11-17(16)32-21(2,3)20(29)31;1-4(2)3/h10-11,13,26H,4-9,12H2,1-3H3,(H,27,33)(H,28,30);4H,1-3H3/t13-;/m1./s1. The number of alkyl halides is 3. The summed E-state index contributed by atoms with van der Waals surface area (Å²) in [5.74, 6) is -0.510. The van der Waals surface area contributed by atoms with Crippen LogP contribution in [0.3, 0.4) is 0 Å². The van der Waals surface area contributed by atoms with Crippen LogP contribution in [0, 0.1) is 5.92 Å². The molecule has 0 aromatic heterocycles. The molecule has 0 bridgehead atoms. The van der Waals surface area contributed by atoms with Crippen molar-refractivity contribution >= 4 is 34.7 Å². The van der Waals surface area contributed by atoms with Gasteiger partial charge in [0, 0.05) is 25.7 Å². The van der Waals surface area contributed by atoms with E-state index in [2.05, 4.69) is 36.7 Å². The van der Waals surface area contributed by atoms with Crippen LogP contribution in [-0.2, 0) is 11.0 Å². The Balaban J connectivity index is 0.00000112. The molecule has 37 heavy (non-hydrogen) atoms. The predicted octanol–water partition coefficient (Wildman–Crippen LogP) is 4.68. The summed E-state index contributed by atoms with van der Waals surface area (Å²) >= 11 is 5.14. The molecular weight excluding hydrogens is 505 g/mol. The van der Waals surface area contributed by atoms with Crippen molar-refractivity contribution < 1.29 is 27.5 Å². The highest BCUT2D eigenvalue weighted by Gasteiger charge is 2.44. The Hall–Kier alpha value is -2.40. The number of halogens is 3. The largest absolute Gasteiger partial charge is 0.476 e. The minimum atomic E-state index is -4.78. The molecule has 2 amide bonds. The number of carbonyl (C=O) groups excluding carboxylic acids is 2. The van der Waals surface area contributed by atoms with E-state index in [0.29, 0.717) is 30.9 Å². The minimum Gasteiger partial charge on any atom is -0.476 e. The second kappa shape index (κ2) is 12.9. The van der Waals surface area contributed by atoms with E-state index >= 15 is 0 Å². The molecule has 1 fully saturated rings. The third-order valence-electron chi connectivity index (χ3n) is 5.68. The molecule has 0 radical (unpaired) electrons. The fraction of sp³-hybridized carbons (Fsp3) is 0.654. The van der Waals surface area contributed by atoms with Gasteiger partial charge in [0.2, 0.25) is 0 Å². The van der Waals surface area contributed by atoms with Gasteiger partial charge in [0.25, 0.3) is 11.8 Å². The van der Waals surface area contributed by atoms with E-state index in [-0.39, 0.29) is 24.0 Å². The maximum absolute atomic E-state index is 13.9. The lowest BCUT2D eigenvalue weighted by Gasteiger charge is -2.39. The van der Waals surface area contributed by atoms with E-state index in [1.54, 1.807) is 0 Å². The number of piperidine rings is 1. The lowest BCUT2D eigenvalue weighted by molar-refractivity contribution is -0.138. The van der Waals surface area contributed by atoms with Crippen molar-refractivity contribution in [1.82, 2.24) is 16.0 Å². The van der Waals surface area contributed by atoms with Crippen LogP contribution in [0.4, 0.5) is 18.9 Å². The molecule has 2 aliphatic heterocycles. The number of fused-ring (bicyclic) bond motifs is 1. The van der Waals surface area contributed by atoms with Gasteiger partial charge in [0.1, 0.15) is 5.75 Å². The Morgan fingerprint density at radius 3 is 2.49 bits per heavy atom. The van der Waals surface area contributed by atoms with Crippen LogP contribution >= 0.6 is 12.2 Å². The summed E-state index contributed by atoms with van der Waals surface area (Å²) < 4.78 is 47.4. The van der Waals surface area contributed by atoms with E-state index in [0.717, 1.165) is 31.0 Å². The molecule has 1 aromatic carbocycles. The number of thiocarbonyl (C=S) groups is 1. The number of benzene rings is 1. The molecule has 1 atom stereocenters. The Kier molecular flexibility index (Phi) is 10.8. The summed E-state index contributed by atoms with van der Waals surface area (Å²) in [4.78, 5) is 27.9. The molecule has 2 heterocycles. The minimum absolute atomic E-state index is 0.0964. The molecule has 7 nitrogen and oxygen atoms in total. The van der Waals surface area contributed by atoms with Gasteiger partial charge in [-0.05, 0) is 57.7 Å². The number of rotatable bonds is 6. The average molecular weight is 545 g/mol. The van der Waals surface area contributed by atoms with Crippen molar-refractivity contribution in [2.75, 3.05) is 31.1 Å². The summed E-state index contributed by atoms with van der Waals surface area (Å²) in [6.07, 6.45) is -2.65. The second-order valence-electron chi connectivity index (χ2n) is 10.4. The summed E-state index contributed by atoms with van der Waals surface area (Å²) in [5.41, 5.74) is -2.87. The molecule has 0 spiro atoms. The number of carbonyl (C=O) groups is 2. The van der Waals surface area contributed by atoms with Crippen molar-refractivity contribution in [3.63, 3.8) is 0 Å². The Labute approximate surface area is 222 Å². The number of hydrogen-bond donors (Lipinski definition) is 3. The quantitative estimate of drug-likeness (QED) is 0.451. The van der Waals surface area contributed by atoms with Crippen LogP contribution in [0.2, 0.25) is 0 Å². The highest BCUT2D eigenvalue weighted by molar-refractivity contribution is 7.80. The van der Waals surface area contributed by atoms with Gasteiger partial charge in [-0.15, -0.1) is 0 Å². The zero-order valence-corrected chi connectivity index (χ0v) is 23.3. The van der Waals surface area contributed by atoms with Gasteiger partial charge < -0.3 is 25.6 Å². The molecule has 2 aliphatic rings. The monoisotopic (exact) mass is 544 g/mol. The van der Waals surface area contributed by atoms with Gasteiger partial charge in [0.05, 0.1) is 21.8 Å². The van der Waals surface area contributed by atoms with Crippen molar-refractivity contribution in [3.8, 4) is 5.75 Å². The first-order chi connectivity index (χ1) is 17.2. The first-order valence-electron chi connectivity index (χ1n) is 12.7. The van der Waals surface area contributed by atoms with E-state index in [4.69, 9.17) is 17.0 Å². The summed E-state index contributed by atoms with van der Waals surface area (Å²) in [6.45, 7) is 13.1. The highest BCUT2D eigenvalue weighted by Crippen LogP contribution is 2.43. The van der Waals surface area contributed by atoms with Gasteiger partial charge >= 0.3 is 6.18 Å². The molecule has 0 aliphatic carbocycles. The van der Waals surface area contributed by atoms with Crippen molar-refractivity contribution in [1.29, 1.82) is 0 Å². The summed E-state index contributed by atoms with van der Waals surface area (Å²) in [7, 11) is 0. The molecule has 11 heteroatoms. The van der Waals surface area contributed by atoms with Gasteiger partial charge in [-0.25, -0.2) is 0 Å². The molecule has 3 rings (SSSR count). The van der Waals surface area contributed by atoms with Crippen LogP contribution in [0.15, 0.2) is 12.1 Å². The third kappa shape index (κ3) is 8.56. The van der Waals surface area contributed by atoms with Gasteiger partial charge in [0.15, 0.2) is 5.60 Å². The number of anilines is 1. The molecule has 1 saturated heterocycles. The van der Waals surface area contributed by atoms with E-state index in [9.17, 15) is 22.8 Å². The Bertz CT molecular complexity index is 974. The molecule has 1 aromatic rings. The number of nitrogens with one attached hydrogen (secondary N) is 3. The fourth-order valence-corrected chi connectivity index (χ4v) is 4.03. The maximum Gasteiger partial charge on any atom is 0.417 e. The van der Waals surface area contributed by atoms with Crippen LogP contribution < -0.4 is 25.6 Å². The third-order valence-corrected chi connectivity index (χ3v) is 6.11. The smallest absolute Gasteiger partial charge is 0.417 e. The average Bonchev–Trinajstić information content (AvgIpc) is 2.80. The van der Waals surface area contributed by atoms with Crippen molar-refractivity contribution in [2.45, 2.75) is 78.6 Å². The first-order valence-corrected chi connectivity index (χ1v) is 13.1. The number of hydrogen-bond acceptors (Lipinski definition) is 5. The van der Waals surface area contributed by atoms with Crippen molar-refractivity contribution in [3.05, 3.63) is 23.3 Å². The lowest BCUT2D eigenvalue weighted by atomic mass is 9.98. The molecular formula is C26H39F3N4O3S. The zero-order chi connectivity index (χ0) is 28.0. The second-order valence-corrected chi connectivity index (χ2v) is 10.9. The summed E-state index contributed by atoms with van der Waals surface area (Å²) in [6, 6.07) is 1.65. The number of nitrogens with zero attached hydrogens (tertiary/aromatic N) is 1. The molecule has 3 N–H and O–H groups in total.